The molecular formula is C42H97N3O7P2. The SMILES string of the molecule is CCCCCCCCCCCCCCN.CCCCCCCCCCCCCCN.CCCCCCCCCCCCCCN.O=P([O-])(O)OP(=O)(O)O.[H+]. The van der Waals surface area contributed by atoms with Crippen LogP contribution < -0.4 is 22.1 Å². The van der Waals surface area contributed by atoms with E-state index in [4.69, 9.17) is 31.9 Å². The van der Waals surface area contributed by atoms with Crippen molar-refractivity contribution >= 4 is 15.6 Å². The predicted molar refractivity (Wildman–Crippen MR) is 234 cm³/mol. The lowest BCUT2D eigenvalue weighted by atomic mass is 10.1. The topological polar surface area (TPSA) is 205 Å². The van der Waals surface area contributed by atoms with Crippen LogP contribution in [0.25, 0.3) is 0 Å². The van der Waals surface area contributed by atoms with Gasteiger partial charge in [0.1, 0.15) is 0 Å². The smallest absolute Gasteiger partial charge is 0.756 e. The van der Waals surface area contributed by atoms with E-state index in [-0.39, 0.29) is 1.43 Å². The van der Waals surface area contributed by atoms with Crippen LogP contribution in [0.2, 0.25) is 0 Å². The zero-order valence-corrected chi connectivity index (χ0v) is 38.0. The molecule has 1 unspecified atom stereocenters. The van der Waals surface area contributed by atoms with E-state index in [2.05, 4.69) is 25.1 Å². The van der Waals surface area contributed by atoms with Gasteiger partial charge in [-0.3, -0.25) is 4.57 Å². The van der Waals surface area contributed by atoms with Crippen molar-refractivity contribution < 1.29 is 34.4 Å². The highest BCUT2D eigenvalue weighted by atomic mass is 31.3. The van der Waals surface area contributed by atoms with Crippen molar-refractivity contribution in [3.63, 3.8) is 0 Å². The molecule has 0 heterocycles. The van der Waals surface area contributed by atoms with Crippen molar-refractivity contribution in [3.8, 4) is 0 Å². The summed E-state index contributed by atoms with van der Waals surface area (Å²) < 4.78 is 21.9. The van der Waals surface area contributed by atoms with Gasteiger partial charge in [-0.15, -0.1) is 0 Å². The van der Waals surface area contributed by atoms with Gasteiger partial charge in [-0.05, 0) is 38.9 Å². The molecule has 12 heteroatoms. The Balaban J connectivity index is -0.000000204. The van der Waals surface area contributed by atoms with Gasteiger partial charge in [-0.1, -0.05) is 233 Å². The molecule has 0 amide bonds. The standard InChI is InChI=1S/3C14H31N.H4O7P2/c3*1-2-3-4-5-6-7-8-9-10-11-12-13-14-15;1-8(2,3)7-9(4,5)6/h3*2-15H2,1H3;(H2,1,2,3)(H2,4,5,6). The second-order valence-electron chi connectivity index (χ2n) is 15.1. The predicted octanol–water partition coefficient (Wildman–Crippen LogP) is 12.6. The molecule has 0 aromatic rings. The minimum Gasteiger partial charge on any atom is -0.756 e. The summed E-state index contributed by atoms with van der Waals surface area (Å²) in [6.45, 7) is 9.45. The number of rotatable bonds is 38. The summed E-state index contributed by atoms with van der Waals surface area (Å²) in [7, 11) is -10.4. The van der Waals surface area contributed by atoms with Crippen LogP contribution in [0.15, 0.2) is 0 Å². The van der Waals surface area contributed by atoms with Crippen molar-refractivity contribution in [2.24, 2.45) is 17.2 Å². The largest absolute Gasteiger partial charge is 1.00 e. The van der Waals surface area contributed by atoms with Crippen molar-refractivity contribution in [3.05, 3.63) is 0 Å². The molecule has 0 rings (SSSR count). The van der Waals surface area contributed by atoms with Crippen LogP contribution in [-0.2, 0) is 13.4 Å². The molecule has 0 saturated heterocycles. The van der Waals surface area contributed by atoms with E-state index in [9.17, 15) is 14.0 Å². The van der Waals surface area contributed by atoms with Crippen LogP contribution in [0.1, 0.15) is 253 Å². The maximum absolute atomic E-state index is 9.59. The Kier molecular flexibility index (Phi) is 59.8. The molecule has 0 spiro atoms. The summed E-state index contributed by atoms with van der Waals surface area (Å²) in [4.78, 5) is 32.6. The highest BCUT2D eigenvalue weighted by molar-refractivity contribution is 7.59. The highest BCUT2D eigenvalue weighted by Gasteiger charge is 2.20. The summed E-state index contributed by atoms with van der Waals surface area (Å²) in [5.74, 6) is 0. The Morgan fingerprint density at radius 1 is 0.370 bits per heavy atom. The minimum absolute atomic E-state index is 0. The van der Waals surface area contributed by atoms with Gasteiger partial charge in [0.15, 0.2) is 0 Å². The molecule has 332 valence electrons. The molecule has 1 atom stereocenters. The van der Waals surface area contributed by atoms with Gasteiger partial charge < -0.3 is 36.8 Å². The summed E-state index contributed by atoms with van der Waals surface area (Å²) in [6.07, 6.45) is 50.7. The van der Waals surface area contributed by atoms with Gasteiger partial charge in [0.05, 0.1) is 0 Å². The van der Waals surface area contributed by atoms with Crippen molar-refractivity contribution in [2.45, 2.75) is 252 Å². The monoisotopic (exact) mass is 818 g/mol. The van der Waals surface area contributed by atoms with Crippen molar-refractivity contribution in [1.82, 2.24) is 0 Å². The highest BCUT2D eigenvalue weighted by Crippen LogP contribution is 2.51. The van der Waals surface area contributed by atoms with Crippen LogP contribution in [0, 0.1) is 0 Å². The first-order chi connectivity index (χ1) is 25.9. The number of hydrogen-bond donors (Lipinski definition) is 6. The van der Waals surface area contributed by atoms with Gasteiger partial charge in [0, 0.05) is 0 Å². The maximum Gasteiger partial charge on any atom is 1.00 e. The lowest BCUT2D eigenvalue weighted by Gasteiger charge is -2.14. The summed E-state index contributed by atoms with van der Waals surface area (Å²) in [5, 5.41) is 0. The van der Waals surface area contributed by atoms with Crippen molar-refractivity contribution in [1.29, 1.82) is 0 Å². The molecule has 0 aromatic carbocycles. The zero-order valence-electron chi connectivity index (χ0n) is 37.2. The molecule has 0 radical (unpaired) electrons. The van der Waals surface area contributed by atoms with E-state index < -0.39 is 15.6 Å². The first kappa shape index (κ1) is 60.8. The van der Waals surface area contributed by atoms with Crippen LogP contribution in [0.4, 0.5) is 0 Å². The molecular weight excluding hydrogens is 720 g/mol. The lowest BCUT2D eigenvalue weighted by molar-refractivity contribution is -0.212. The molecule has 0 aliphatic heterocycles. The number of unbranched alkanes of at least 4 members (excludes halogenated alkanes) is 33. The van der Waals surface area contributed by atoms with Gasteiger partial charge in [-0.25, -0.2) is 8.88 Å². The minimum atomic E-state index is -5.30. The van der Waals surface area contributed by atoms with Crippen LogP contribution in [-0.4, -0.2) is 34.3 Å². The third-order valence-electron chi connectivity index (χ3n) is 9.38. The van der Waals surface area contributed by atoms with Gasteiger partial charge >= 0.3 is 9.25 Å². The lowest BCUT2D eigenvalue weighted by Crippen LogP contribution is -2.01. The van der Waals surface area contributed by atoms with Gasteiger partial charge in [0.25, 0.3) is 7.82 Å². The molecule has 10 nitrogen and oxygen atoms in total. The van der Waals surface area contributed by atoms with Crippen LogP contribution in [0.3, 0.4) is 0 Å². The normalized spacial score (nSPS) is 12.2. The van der Waals surface area contributed by atoms with Crippen LogP contribution >= 0.6 is 15.6 Å². The van der Waals surface area contributed by atoms with E-state index in [0.29, 0.717) is 0 Å². The van der Waals surface area contributed by atoms with E-state index in [1.165, 1.54) is 231 Å². The number of phosphoric acid groups is 2. The van der Waals surface area contributed by atoms with Gasteiger partial charge in [0.2, 0.25) is 0 Å². The molecule has 54 heavy (non-hydrogen) atoms. The average molecular weight is 818 g/mol. The molecule has 0 fully saturated rings. The molecule has 0 aromatic heterocycles. The quantitative estimate of drug-likeness (QED) is 0.0257. The third-order valence-corrected chi connectivity index (χ3v) is 11.1. The fourth-order valence-corrected chi connectivity index (χ4v) is 7.17. The third kappa shape index (κ3) is 76.8. The first-order valence-corrected chi connectivity index (χ1v) is 25.9. The van der Waals surface area contributed by atoms with Crippen LogP contribution in [0.5, 0.6) is 0 Å². The molecule has 9 N–H and O–H groups in total. The van der Waals surface area contributed by atoms with Gasteiger partial charge in [-0.2, -0.15) is 0 Å². The summed E-state index contributed by atoms with van der Waals surface area (Å²) >= 11 is 0. The average Bonchev–Trinajstić information content (AvgIpc) is 3.11. The van der Waals surface area contributed by atoms with Crippen molar-refractivity contribution in [2.75, 3.05) is 19.6 Å². The Morgan fingerprint density at radius 2 is 0.519 bits per heavy atom. The molecule has 0 aliphatic carbocycles. The van der Waals surface area contributed by atoms with E-state index in [0.717, 1.165) is 19.6 Å². The number of hydrogen-bond acceptors (Lipinski definition) is 7. The second kappa shape index (κ2) is 53.1. The number of nitrogens with two attached hydrogens (primary N) is 3. The van der Waals surface area contributed by atoms with E-state index in [1.54, 1.807) is 0 Å². The molecule has 0 bridgehead atoms. The maximum atomic E-state index is 9.59. The van der Waals surface area contributed by atoms with E-state index in [1.807, 2.05) is 0 Å². The summed E-state index contributed by atoms with van der Waals surface area (Å²) in [6, 6.07) is 0. The fourth-order valence-electron chi connectivity index (χ4n) is 6.09. The summed E-state index contributed by atoms with van der Waals surface area (Å²) in [5.41, 5.74) is 16.3. The Morgan fingerprint density at radius 3 is 0.611 bits per heavy atom. The Labute approximate surface area is 338 Å². The fraction of sp³-hybridized carbons (Fsp3) is 1.00. The van der Waals surface area contributed by atoms with E-state index >= 15 is 0 Å². The zero-order chi connectivity index (χ0) is 41.3. The molecule has 0 aliphatic rings. The first-order valence-electron chi connectivity index (χ1n) is 22.9. The Bertz CT molecular complexity index is 632. The second-order valence-corrected chi connectivity index (χ2v) is 17.6. The Hall–Kier alpha value is 0.140. The molecule has 0 saturated carbocycles.